The minimum atomic E-state index is -0.0263. The molecule has 0 unspecified atom stereocenters. The van der Waals surface area contributed by atoms with Crippen molar-refractivity contribution in [2.45, 2.75) is 66.1 Å². The normalized spacial score (nSPS) is 14.9. The van der Waals surface area contributed by atoms with E-state index in [1.165, 1.54) is 12.2 Å². The van der Waals surface area contributed by atoms with Gasteiger partial charge in [-0.25, -0.2) is 4.68 Å². The Hall–Kier alpha value is -2.02. The van der Waals surface area contributed by atoms with E-state index in [1.807, 2.05) is 4.68 Å². The maximum atomic E-state index is 11.2. The van der Waals surface area contributed by atoms with E-state index >= 15 is 0 Å². The number of anilines is 1. The summed E-state index contributed by atoms with van der Waals surface area (Å²) in [7, 11) is 0. The molecule has 0 N–H and O–H groups in total. The summed E-state index contributed by atoms with van der Waals surface area (Å²) in [5, 5.41) is 14.4. The Labute approximate surface area is 153 Å². The van der Waals surface area contributed by atoms with Gasteiger partial charge in [-0.1, -0.05) is 24.7 Å². The van der Waals surface area contributed by atoms with Crippen LogP contribution in [0.4, 0.5) is 5.13 Å². The van der Waals surface area contributed by atoms with E-state index in [4.69, 9.17) is 5.10 Å². The lowest BCUT2D eigenvalue weighted by molar-refractivity contribution is -0.110. The van der Waals surface area contributed by atoms with E-state index in [-0.39, 0.29) is 5.78 Å². The Morgan fingerprint density at radius 3 is 2.32 bits per heavy atom. The van der Waals surface area contributed by atoms with Crippen LogP contribution < -0.4 is 9.70 Å². The quantitative estimate of drug-likeness (QED) is 0.553. The molecule has 0 radical (unpaired) electrons. The molecule has 0 fully saturated rings. The van der Waals surface area contributed by atoms with E-state index in [2.05, 4.69) is 49.7 Å². The Morgan fingerprint density at radius 1 is 1.12 bits per heavy atom. The predicted molar refractivity (Wildman–Crippen MR) is 104 cm³/mol. The molecule has 1 aliphatic carbocycles. The number of allylic oxidation sites excluding steroid dienone is 4. The van der Waals surface area contributed by atoms with Crippen molar-refractivity contribution in [3.05, 3.63) is 29.1 Å². The first-order valence-corrected chi connectivity index (χ1v) is 9.62. The highest BCUT2D eigenvalue weighted by molar-refractivity contribution is 7.13. The van der Waals surface area contributed by atoms with Gasteiger partial charge < -0.3 is 4.90 Å². The third-order valence-corrected chi connectivity index (χ3v) is 4.70. The number of nitrogens with zero attached hydrogens (tertiary/aromatic N) is 5. The molecule has 136 valence electrons. The monoisotopic (exact) mass is 361 g/mol. The van der Waals surface area contributed by atoms with Gasteiger partial charge in [-0.3, -0.25) is 4.79 Å². The summed E-state index contributed by atoms with van der Waals surface area (Å²) < 4.78 is 1.94. The van der Waals surface area contributed by atoms with E-state index in [1.54, 1.807) is 23.5 Å². The standard InChI is InChI=1S/C18H27N5OS/c1-6-7-12-22-17(20-19-15-8-10-16(24)11-9-15)25-18(21-22)23(13(2)3)14(4)5/h8-11,13-14H,6-7,12H2,1-5H3. The molecule has 0 spiro atoms. The molecule has 0 bridgehead atoms. The van der Waals surface area contributed by atoms with Crippen LogP contribution in [0.5, 0.6) is 0 Å². The highest BCUT2D eigenvalue weighted by atomic mass is 32.1. The highest BCUT2D eigenvalue weighted by Gasteiger charge is 2.19. The largest absolute Gasteiger partial charge is 0.342 e. The lowest BCUT2D eigenvalue weighted by atomic mass is 10.2. The Bertz CT molecular complexity index is 726. The van der Waals surface area contributed by atoms with Crippen LogP contribution in [0.25, 0.3) is 0 Å². The second-order valence-electron chi connectivity index (χ2n) is 6.53. The summed E-state index contributed by atoms with van der Waals surface area (Å²) >= 11 is 1.55. The third-order valence-electron chi connectivity index (χ3n) is 3.75. The van der Waals surface area contributed by atoms with Crippen molar-refractivity contribution in [1.29, 1.82) is 0 Å². The van der Waals surface area contributed by atoms with Crippen molar-refractivity contribution in [3.63, 3.8) is 0 Å². The average molecular weight is 362 g/mol. The number of rotatable bonds is 7. The summed E-state index contributed by atoms with van der Waals surface area (Å²) in [4.78, 5) is 14.3. The smallest absolute Gasteiger partial charge is 0.230 e. The SMILES string of the molecule is CCCCn1nc(N(C(C)C)C(C)C)sc1=NN=C1C=CC(=O)C=C1. The zero-order valence-corrected chi connectivity index (χ0v) is 16.5. The van der Waals surface area contributed by atoms with Gasteiger partial charge in [0.15, 0.2) is 5.78 Å². The van der Waals surface area contributed by atoms with E-state index in [0.29, 0.717) is 17.8 Å². The molecule has 1 heterocycles. The fourth-order valence-electron chi connectivity index (χ4n) is 2.58. The summed E-state index contributed by atoms with van der Waals surface area (Å²) in [5.74, 6) is -0.0263. The van der Waals surface area contributed by atoms with Crippen molar-refractivity contribution < 1.29 is 4.79 Å². The van der Waals surface area contributed by atoms with E-state index in [9.17, 15) is 4.79 Å². The van der Waals surface area contributed by atoms with Crippen molar-refractivity contribution >= 4 is 28.0 Å². The molecule has 2 rings (SSSR count). The highest BCUT2D eigenvalue weighted by Crippen LogP contribution is 2.20. The third kappa shape index (κ3) is 5.22. The molecule has 0 amide bonds. The maximum Gasteiger partial charge on any atom is 0.230 e. The number of hydrogen-bond donors (Lipinski definition) is 0. The minimum Gasteiger partial charge on any atom is -0.342 e. The van der Waals surface area contributed by atoms with Crippen LogP contribution in [-0.4, -0.2) is 33.4 Å². The summed E-state index contributed by atoms with van der Waals surface area (Å²) in [6.07, 6.45) is 8.50. The molecule has 1 aromatic heterocycles. The van der Waals surface area contributed by atoms with Crippen molar-refractivity contribution in [3.8, 4) is 0 Å². The van der Waals surface area contributed by atoms with Crippen LogP contribution in [-0.2, 0) is 11.3 Å². The predicted octanol–water partition coefficient (Wildman–Crippen LogP) is 3.32. The molecule has 0 aromatic carbocycles. The Balaban J connectivity index is 2.39. The summed E-state index contributed by atoms with van der Waals surface area (Å²) in [6.45, 7) is 11.7. The van der Waals surface area contributed by atoms with Crippen LogP contribution >= 0.6 is 11.3 Å². The number of ketones is 1. The first kappa shape index (κ1) is 19.3. The second-order valence-corrected chi connectivity index (χ2v) is 7.47. The molecular formula is C18H27N5OS. The average Bonchev–Trinajstić information content (AvgIpc) is 2.94. The van der Waals surface area contributed by atoms with Crippen LogP contribution in [0.15, 0.2) is 34.5 Å². The molecule has 0 saturated carbocycles. The number of aryl methyl sites for hydroxylation is 1. The number of hydrogen-bond acceptors (Lipinski definition) is 6. The van der Waals surface area contributed by atoms with Gasteiger partial charge in [-0.15, -0.1) is 15.3 Å². The van der Waals surface area contributed by atoms with Gasteiger partial charge in [0.25, 0.3) is 0 Å². The number of aromatic nitrogens is 2. The van der Waals surface area contributed by atoms with Gasteiger partial charge in [0.2, 0.25) is 9.93 Å². The second kappa shape index (κ2) is 8.89. The van der Waals surface area contributed by atoms with Gasteiger partial charge in [-0.2, -0.15) is 0 Å². The van der Waals surface area contributed by atoms with Crippen molar-refractivity contribution in [2.24, 2.45) is 10.2 Å². The van der Waals surface area contributed by atoms with E-state index < -0.39 is 0 Å². The number of unbranched alkanes of at least 4 members (excludes halogenated alkanes) is 1. The van der Waals surface area contributed by atoms with Crippen LogP contribution in [0.2, 0.25) is 0 Å². The molecule has 1 aliphatic rings. The van der Waals surface area contributed by atoms with Gasteiger partial charge in [0, 0.05) is 18.6 Å². The van der Waals surface area contributed by atoms with Crippen LogP contribution in [0.3, 0.4) is 0 Å². The van der Waals surface area contributed by atoms with Gasteiger partial charge >= 0.3 is 0 Å². The fraction of sp³-hybridized carbons (Fsp3) is 0.556. The van der Waals surface area contributed by atoms with Crippen LogP contribution in [0.1, 0.15) is 47.5 Å². The molecular weight excluding hydrogens is 334 g/mol. The zero-order valence-electron chi connectivity index (χ0n) is 15.6. The molecule has 0 atom stereocenters. The van der Waals surface area contributed by atoms with Gasteiger partial charge in [0.05, 0.1) is 5.71 Å². The molecule has 7 heteroatoms. The summed E-state index contributed by atoms with van der Waals surface area (Å²) in [6, 6.07) is 0.723. The molecule has 1 aromatic rings. The van der Waals surface area contributed by atoms with Crippen molar-refractivity contribution in [2.75, 3.05) is 4.90 Å². The first-order valence-electron chi connectivity index (χ1n) is 8.80. The molecule has 25 heavy (non-hydrogen) atoms. The first-order chi connectivity index (χ1) is 11.9. The molecule has 6 nitrogen and oxygen atoms in total. The van der Waals surface area contributed by atoms with Crippen molar-refractivity contribution in [1.82, 2.24) is 9.78 Å². The lowest BCUT2D eigenvalue weighted by Gasteiger charge is -2.29. The van der Waals surface area contributed by atoms with Gasteiger partial charge in [-0.05, 0) is 58.4 Å². The molecule has 0 saturated heterocycles. The van der Waals surface area contributed by atoms with Crippen LogP contribution in [0, 0.1) is 0 Å². The Morgan fingerprint density at radius 2 is 1.76 bits per heavy atom. The van der Waals surface area contributed by atoms with Gasteiger partial charge in [0.1, 0.15) is 0 Å². The Kier molecular flexibility index (Phi) is 6.87. The zero-order chi connectivity index (χ0) is 18.4. The maximum absolute atomic E-state index is 11.2. The number of carbonyl (C=O) groups excluding carboxylic acids is 1. The lowest BCUT2D eigenvalue weighted by Crippen LogP contribution is -2.37. The van der Waals surface area contributed by atoms with E-state index in [0.717, 1.165) is 29.3 Å². The summed E-state index contributed by atoms with van der Waals surface area (Å²) in [5.41, 5.74) is 0.668. The fourth-order valence-corrected chi connectivity index (χ4v) is 3.73. The topological polar surface area (TPSA) is 62.9 Å². The minimum absolute atomic E-state index is 0.0263. The number of carbonyl (C=O) groups is 1. The molecule has 0 aliphatic heterocycles.